The van der Waals surface area contributed by atoms with E-state index in [0.717, 1.165) is 49.6 Å². The number of piperazine rings is 1. The predicted molar refractivity (Wildman–Crippen MR) is 95.5 cm³/mol. The molecule has 1 saturated heterocycles. The van der Waals surface area contributed by atoms with Gasteiger partial charge in [-0.1, -0.05) is 23.7 Å². The second-order valence-electron chi connectivity index (χ2n) is 7.03. The molecule has 1 aliphatic carbocycles. The van der Waals surface area contributed by atoms with Crippen molar-refractivity contribution in [2.75, 3.05) is 26.7 Å². The van der Waals surface area contributed by atoms with Gasteiger partial charge in [-0.2, -0.15) is 4.98 Å². The van der Waals surface area contributed by atoms with E-state index in [0.29, 0.717) is 12.0 Å². The zero-order valence-corrected chi connectivity index (χ0v) is 14.8. The lowest BCUT2D eigenvalue weighted by Gasteiger charge is -2.30. The first-order chi connectivity index (χ1) is 12.3. The predicted octanol–water partition coefficient (Wildman–Crippen LogP) is 3.02. The molecule has 2 aromatic rings. The fraction of sp³-hybridized carbons (Fsp3) is 0.579. The Morgan fingerprint density at radius 1 is 1.20 bits per heavy atom. The van der Waals surface area contributed by atoms with Gasteiger partial charge in [0.25, 0.3) is 5.89 Å². The number of hydrogen-bond acceptors (Lipinski definition) is 6. The van der Waals surface area contributed by atoms with Crippen molar-refractivity contribution in [1.82, 2.24) is 20.4 Å². The van der Waals surface area contributed by atoms with Gasteiger partial charge in [-0.15, -0.1) is 0 Å². The van der Waals surface area contributed by atoms with E-state index in [2.05, 4.69) is 27.4 Å². The molecule has 1 aromatic heterocycles. The maximum absolute atomic E-state index is 6.27. The van der Waals surface area contributed by atoms with Gasteiger partial charge in [0, 0.05) is 19.6 Å². The highest BCUT2D eigenvalue weighted by molar-refractivity contribution is 5.62. The normalized spacial score (nSPS) is 22.8. The zero-order chi connectivity index (χ0) is 17.1. The summed E-state index contributed by atoms with van der Waals surface area (Å²) in [5, 5.41) is 7.62. The summed E-state index contributed by atoms with van der Waals surface area (Å²) >= 11 is 0. The van der Waals surface area contributed by atoms with E-state index in [4.69, 9.17) is 9.26 Å². The average Bonchev–Trinajstić information content (AvgIpc) is 3.13. The molecular formula is C19H26N4O2. The molecule has 134 valence electrons. The lowest BCUT2D eigenvalue weighted by molar-refractivity contribution is 0.155. The summed E-state index contributed by atoms with van der Waals surface area (Å²) in [6.07, 6.45) is 6.37. The van der Waals surface area contributed by atoms with E-state index in [1.807, 2.05) is 24.3 Å². The number of aromatic nitrogens is 2. The third-order valence-electron chi connectivity index (χ3n) is 5.21. The van der Waals surface area contributed by atoms with Crippen LogP contribution in [0.3, 0.4) is 0 Å². The Balaban J connectivity index is 1.55. The average molecular weight is 342 g/mol. The van der Waals surface area contributed by atoms with Gasteiger partial charge >= 0.3 is 0 Å². The summed E-state index contributed by atoms with van der Waals surface area (Å²) in [5.41, 5.74) is 0.887. The van der Waals surface area contributed by atoms with Crippen LogP contribution in [0.4, 0.5) is 0 Å². The van der Waals surface area contributed by atoms with E-state index >= 15 is 0 Å². The monoisotopic (exact) mass is 342 g/mol. The Bertz CT molecular complexity index is 696. The van der Waals surface area contributed by atoms with Gasteiger partial charge in [-0.05, 0) is 44.9 Å². The second-order valence-corrected chi connectivity index (χ2v) is 7.03. The lowest BCUT2D eigenvalue weighted by atomic mass is 9.97. The zero-order valence-electron chi connectivity index (χ0n) is 14.8. The first-order valence-corrected chi connectivity index (χ1v) is 9.32. The van der Waals surface area contributed by atoms with Crippen molar-refractivity contribution in [3.8, 4) is 17.2 Å². The topological polar surface area (TPSA) is 63.4 Å². The molecule has 0 amide bonds. The van der Waals surface area contributed by atoms with Gasteiger partial charge in [0.1, 0.15) is 5.75 Å². The van der Waals surface area contributed by atoms with Crippen molar-refractivity contribution in [2.45, 2.75) is 44.2 Å². The summed E-state index contributed by atoms with van der Waals surface area (Å²) < 4.78 is 11.9. The first-order valence-electron chi connectivity index (χ1n) is 9.32. The van der Waals surface area contributed by atoms with Gasteiger partial charge in [-0.25, -0.2) is 0 Å². The minimum Gasteiger partial charge on any atom is -0.490 e. The van der Waals surface area contributed by atoms with Crippen LogP contribution in [0.2, 0.25) is 0 Å². The number of para-hydroxylation sites is 1. The van der Waals surface area contributed by atoms with Crippen LogP contribution < -0.4 is 10.1 Å². The van der Waals surface area contributed by atoms with Crippen LogP contribution in [0.25, 0.3) is 11.5 Å². The molecule has 6 heteroatoms. The summed E-state index contributed by atoms with van der Waals surface area (Å²) in [6, 6.07) is 8.14. The molecule has 1 unspecified atom stereocenters. The van der Waals surface area contributed by atoms with Crippen molar-refractivity contribution < 1.29 is 9.26 Å². The van der Waals surface area contributed by atoms with Crippen LogP contribution >= 0.6 is 0 Å². The molecular weight excluding hydrogens is 316 g/mol. The SMILES string of the molecule is CN1CCNCC1c1noc(-c2ccccc2OC2CCCCC2)n1. The van der Waals surface area contributed by atoms with Crippen LogP contribution in [0, 0.1) is 0 Å². The smallest absolute Gasteiger partial charge is 0.261 e. The van der Waals surface area contributed by atoms with Crippen molar-refractivity contribution in [3.63, 3.8) is 0 Å². The highest BCUT2D eigenvalue weighted by Crippen LogP contribution is 2.32. The van der Waals surface area contributed by atoms with E-state index in [-0.39, 0.29) is 6.04 Å². The minimum atomic E-state index is 0.151. The highest BCUT2D eigenvalue weighted by Gasteiger charge is 2.26. The van der Waals surface area contributed by atoms with Crippen molar-refractivity contribution in [2.24, 2.45) is 0 Å². The van der Waals surface area contributed by atoms with E-state index < -0.39 is 0 Å². The maximum atomic E-state index is 6.27. The molecule has 1 saturated carbocycles. The van der Waals surface area contributed by atoms with Crippen LogP contribution in [-0.2, 0) is 0 Å². The van der Waals surface area contributed by atoms with Gasteiger partial charge in [0.15, 0.2) is 5.82 Å². The van der Waals surface area contributed by atoms with E-state index in [9.17, 15) is 0 Å². The molecule has 0 radical (unpaired) electrons. The van der Waals surface area contributed by atoms with Crippen LogP contribution in [-0.4, -0.2) is 47.8 Å². The van der Waals surface area contributed by atoms with Gasteiger partial charge in [0.2, 0.25) is 0 Å². The number of likely N-dealkylation sites (N-methyl/N-ethyl adjacent to an activating group) is 1. The summed E-state index contributed by atoms with van der Waals surface area (Å²) in [5.74, 6) is 2.12. The number of nitrogens with one attached hydrogen (secondary N) is 1. The van der Waals surface area contributed by atoms with E-state index in [1.165, 1.54) is 19.3 Å². The summed E-state index contributed by atoms with van der Waals surface area (Å²) in [6.45, 7) is 2.82. The number of benzene rings is 1. The van der Waals surface area contributed by atoms with Crippen LogP contribution in [0.5, 0.6) is 5.75 Å². The molecule has 2 heterocycles. The molecule has 4 rings (SSSR count). The largest absolute Gasteiger partial charge is 0.490 e. The number of rotatable bonds is 4. The highest BCUT2D eigenvalue weighted by atomic mass is 16.5. The Hall–Kier alpha value is -1.92. The molecule has 1 atom stereocenters. The Morgan fingerprint density at radius 3 is 2.88 bits per heavy atom. The van der Waals surface area contributed by atoms with Gasteiger partial charge in [0.05, 0.1) is 17.7 Å². The minimum absolute atomic E-state index is 0.151. The number of hydrogen-bond donors (Lipinski definition) is 1. The Labute approximate surface area is 148 Å². The molecule has 2 aliphatic rings. The molecule has 1 N–H and O–H groups in total. The van der Waals surface area contributed by atoms with Crippen LogP contribution in [0.1, 0.15) is 44.0 Å². The molecule has 25 heavy (non-hydrogen) atoms. The third-order valence-corrected chi connectivity index (χ3v) is 5.21. The molecule has 6 nitrogen and oxygen atoms in total. The maximum Gasteiger partial charge on any atom is 0.261 e. The fourth-order valence-corrected chi connectivity index (χ4v) is 3.68. The molecule has 0 bridgehead atoms. The Kier molecular flexibility index (Phi) is 4.99. The fourth-order valence-electron chi connectivity index (χ4n) is 3.68. The standard InChI is InChI=1S/C19H26N4O2/c1-23-12-11-20-13-16(23)18-21-19(25-22-18)15-9-5-6-10-17(15)24-14-7-3-2-4-8-14/h5-6,9-10,14,16,20H,2-4,7-8,11-13H2,1H3. The molecule has 2 fully saturated rings. The third kappa shape index (κ3) is 3.70. The lowest BCUT2D eigenvalue weighted by Crippen LogP contribution is -2.44. The molecule has 1 aliphatic heterocycles. The van der Waals surface area contributed by atoms with Gasteiger partial charge in [-0.3, -0.25) is 4.90 Å². The quantitative estimate of drug-likeness (QED) is 0.921. The van der Waals surface area contributed by atoms with Gasteiger partial charge < -0.3 is 14.6 Å². The van der Waals surface area contributed by atoms with Crippen LogP contribution in [0.15, 0.2) is 28.8 Å². The van der Waals surface area contributed by atoms with Crippen molar-refractivity contribution in [3.05, 3.63) is 30.1 Å². The van der Waals surface area contributed by atoms with Crippen molar-refractivity contribution >= 4 is 0 Å². The number of nitrogens with zero attached hydrogens (tertiary/aromatic N) is 3. The Morgan fingerprint density at radius 2 is 2.04 bits per heavy atom. The first kappa shape index (κ1) is 16.5. The summed E-state index contributed by atoms with van der Waals surface area (Å²) in [7, 11) is 2.10. The molecule has 1 aromatic carbocycles. The van der Waals surface area contributed by atoms with Crippen molar-refractivity contribution in [1.29, 1.82) is 0 Å². The van der Waals surface area contributed by atoms with E-state index in [1.54, 1.807) is 0 Å². The summed E-state index contributed by atoms with van der Waals surface area (Å²) in [4.78, 5) is 6.93. The number of ether oxygens (including phenoxy) is 1. The second kappa shape index (κ2) is 7.54. The molecule has 0 spiro atoms.